The molecule has 2 amide bonds. The largest absolute Gasteiger partial charge is 0.353 e. The van der Waals surface area contributed by atoms with E-state index >= 15 is 0 Å². The first-order valence-corrected chi connectivity index (χ1v) is 6.60. The number of rotatable bonds is 8. The van der Waals surface area contributed by atoms with Gasteiger partial charge in [0.05, 0.1) is 0 Å². The molecule has 1 atom stereocenters. The minimum Gasteiger partial charge on any atom is -0.353 e. The van der Waals surface area contributed by atoms with E-state index < -0.39 is 6.04 Å². The molecule has 3 N–H and O–H groups in total. The van der Waals surface area contributed by atoms with Gasteiger partial charge in [-0.2, -0.15) is 0 Å². The number of nitrogens with one attached hydrogen (secondary N) is 3. The number of carbonyl (C=O) groups excluding carboxylic acids is 2. The lowest BCUT2D eigenvalue weighted by molar-refractivity contribution is -0.130. The minimum atomic E-state index is -0.451. The van der Waals surface area contributed by atoms with Gasteiger partial charge in [-0.1, -0.05) is 27.7 Å². The number of hydrogen-bond acceptors (Lipinski definition) is 3. The summed E-state index contributed by atoms with van der Waals surface area (Å²) in [6, 6.07) is -0.451. The molecule has 5 nitrogen and oxygen atoms in total. The van der Waals surface area contributed by atoms with Crippen LogP contribution in [0.5, 0.6) is 0 Å². The fraction of sp³-hybridized carbons (Fsp3) is 0.846. The van der Waals surface area contributed by atoms with Crippen molar-refractivity contribution in [3.8, 4) is 0 Å². The molecule has 0 fully saturated rings. The maximum Gasteiger partial charge on any atom is 0.242 e. The van der Waals surface area contributed by atoms with Crippen LogP contribution in [-0.2, 0) is 9.59 Å². The Morgan fingerprint density at radius 1 is 1.06 bits per heavy atom. The van der Waals surface area contributed by atoms with E-state index in [2.05, 4.69) is 16.0 Å². The van der Waals surface area contributed by atoms with Crippen LogP contribution >= 0.6 is 0 Å². The summed E-state index contributed by atoms with van der Waals surface area (Å²) in [6.07, 6.45) is 0.451. The Morgan fingerprint density at radius 2 is 1.67 bits per heavy atom. The number of carbonyl (C=O) groups is 2. The lowest BCUT2D eigenvalue weighted by Gasteiger charge is -2.22. The van der Waals surface area contributed by atoms with Crippen LogP contribution in [0.15, 0.2) is 0 Å². The third-order valence-electron chi connectivity index (χ3n) is 2.53. The van der Waals surface area contributed by atoms with Crippen LogP contribution in [0, 0.1) is 11.8 Å². The van der Waals surface area contributed by atoms with Gasteiger partial charge in [0, 0.05) is 19.5 Å². The van der Waals surface area contributed by atoms with E-state index in [1.54, 1.807) is 0 Å². The van der Waals surface area contributed by atoms with Crippen LogP contribution in [0.3, 0.4) is 0 Å². The van der Waals surface area contributed by atoms with Gasteiger partial charge >= 0.3 is 0 Å². The van der Waals surface area contributed by atoms with E-state index in [9.17, 15) is 9.59 Å². The predicted molar refractivity (Wildman–Crippen MR) is 73.2 cm³/mol. The fourth-order valence-electron chi connectivity index (χ4n) is 1.56. The molecule has 18 heavy (non-hydrogen) atoms. The van der Waals surface area contributed by atoms with Crippen molar-refractivity contribution in [3.05, 3.63) is 0 Å². The molecule has 0 aromatic carbocycles. The summed E-state index contributed by atoms with van der Waals surface area (Å²) in [7, 11) is 1.83. The Kier molecular flexibility index (Phi) is 8.37. The molecule has 5 heteroatoms. The van der Waals surface area contributed by atoms with Crippen LogP contribution in [0.2, 0.25) is 0 Å². The first-order valence-electron chi connectivity index (χ1n) is 6.60. The average molecular weight is 257 g/mol. The van der Waals surface area contributed by atoms with Gasteiger partial charge in [-0.05, 0) is 18.9 Å². The first-order chi connectivity index (χ1) is 8.38. The zero-order valence-corrected chi connectivity index (χ0v) is 12.2. The third kappa shape index (κ3) is 7.27. The van der Waals surface area contributed by atoms with Crippen molar-refractivity contribution in [2.45, 2.75) is 40.2 Å². The van der Waals surface area contributed by atoms with Crippen molar-refractivity contribution < 1.29 is 9.59 Å². The Hall–Kier alpha value is -1.10. The molecule has 0 bridgehead atoms. The number of likely N-dealkylation sites (N-methyl/N-ethyl adjacent to an activating group) is 1. The van der Waals surface area contributed by atoms with Crippen molar-refractivity contribution in [2.24, 2.45) is 11.8 Å². The average Bonchev–Trinajstić information content (AvgIpc) is 2.24. The van der Waals surface area contributed by atoms with Gasteiger partial charge in [0.15, 0.2) is 0 Å². The van der Waals surface area contributed by atoms with Crippen LogP contribution in [0.4, 0.5) is 0 Å². The van der Waals surface area contributed by atoms with Crippen LogP contribution in [0.25, 0.3) is 0 Å². The summed E-state index contributed by atoms with van der Waals surface area (Å²) in [6.45, 7) is 9.11. The highest BCUT2D eigenvalue weighted by Crippen LogP contribution is 2.04. The molecule has 1 unspecified atom stereocenters. The predicted octanol–water partition coefficient (Wildman–Crippen LogP) is 0.509. The van der Waals surface area contributed by atoms with Crippen molar-refractivity contribution in [2.75, 3.05) is 20.1 Å². The fourth-order valence-corrected chi connectivity index (χ4v) is 1.56. The molecule has 0 saturated carbocycles. The molecule has 0 aliphatic rings. The lowest BCUT2D eigenvalue weighted by Crippen LogP contribution is -2.50. The monoisotopic (exact) mass is 257 g/mol. The summed E-state index contributed by atoms with van der Waals surface area (Å²) >= 11 is 0. The molecule has 0 spiro atoms. The normalized spacial score (nSPS) is 12.6. The van der Waals surface area contributed by atoms with Gasteiger partial charge in [0.25, 0.3) is 0 Å². The molecule has 0 aliphatic heterocycles. The molecule has 0 aliphatic carbocycles. The molecular formula is C13H27N3O2. The number of amides is 2. The smallest absolute Gasteiger partial charge is 0.242 e. The third-order valence-corrected chi connectivity index (χ3v) is 2.53. The van der Waals surface area contributed by atoms with Crippen LogP contribution in [-0.4, -0.2) is 38.0 Å². The molecule has 0 radical (unpaired) electrons. The highest BCUT2D eigenvalue weighted by molar-refractivity contribution is 5.87. The van der Waals surface area contributed by atoms with Crippen molar-refractivity contribution in [3.63, 3.8) is 0 Å². The molecule has 106 valence electrons. The maximum atomic E-state index is 11.9. The lowest BCUT2D eigenvalue weighted by atomic mass is 10.0. The van der Waals surface area contributed by atoms with E-state index in [1.807, 2.05) is 34.7 Å². The van der Waals surface area contributed by atoms with E-state index in [1.165, 1.54) is 0 Å². The molecular weight excluding hydrogens is 230 g/mol. The van der Waals surface area contributed by atoms with Gasteiger partial charge in [0.2, 0.25) is 11.8 Å². The standard InChI is InChI=1S/C13H27N3O2/c1-9(2)8-11(17)16-12(10(3)4)13(18)15-7-6-14-5/h9-10,12,14H,6-8H2,1-5H3,(H,15,18)(H,16,17). The van der Waals surface area contributed by atoms with Crippen molar-refractivity contribution in [1.82, 2.24) is 16.0 Å². The number of hydrogen-bond donors (Lipinski definition) is 3. The summed E-state index contributed by atoms with van der Waals surface area (Å²) < 4.78 is 0. The summed E-state index contributed by atoms with van der Waals surface area (Å²) in [5.74, 6) is 0.200. The molecule has 0 rings (SSSR count). The zero-order chi connectivity index (χ0) is 14.1. The SMILES string of the molecule is CNCCNC(=O)C(NC(=O)CC(C)C)C(C)C. The van der Waals surface area contributed by atoms with E-state index in [-0.39, 0.29) is 17.7 Å². The van der Waals surface area contributed by atoms with Gasteiger partial charge in [-0.15, -0.1) is 0 Å². The molecule has 0 aromatic heterocycles. The van der Waals surface area contributed by atoms with E-state index in [0.717, 1.165) is 6.54 Å². The zero-order valence-electron chi connectivity index (χ0n) is 12.2. The Balaban J connectivity index is 4.29. The molecule has 0 saturated heterocycles. The minimum absolute atomic E-state index is 0.0625. The van der Waals surface area contributed by atoms with Gasteiger partial charge in [-0.3, -0.25) is 9.59 Å². The summed E-state index contributed by atoms with van der Waals surface area (Å²) in [4.78, 5) is 23.6. The van der Waals surface area contributed by atoms with Crippen LogP contribution in [0.1, 0.15) is 34.1 Å². The first kappa shape index (κ1) is 16.9. The van der Waals surface area contributed by atoms with E-state index in [4.69, 9.17) is 0 Å². The topological polar surface area (TPSA) is 70.2 Å². The Labute approximate surface area is 110 Å². The van der Waals surface area contributed by atoms with Gasteiger partial charge in [-0.25, -0.2) is 0 Å². The second-order valence-corrected chi connectivity index (χ2v) is 5.28. The Morgan fingerprint density at radius 3 is 2.11 bits per heavy atom. The molecule has 0 aromatic rings. The highest BCUT2D eigenvalue weighted by atomic mass is 16.2. The highest BCUT2D eigenvalue weighted by Gasteiger charge is 2.23. The summed E-state index contributed by atoms with van der Waals surface area (Å²) in [5, 5.41) is 8.57. The van der Waals surface area contributed by atoms with Gasteiger partial charge < -0.3 is 16.0 Å². The second-order valence-electron chi connectivity index (χ2n) is 5.28. The van der Waals surface area contributed by atoms with Crippen molar-refractivity contribution in [1.29, 1.82) is 0 Å². The van der Waals surface area contributed by atoms with Crippen molar-refractivity contribution >= 4 is 11.8 Å². The van der Waals surface area contributed by atoms with Gasteiger partial charge in [0.1, 0.15) is 6.04 Å². The van der Waals surface area contributed by atoms with E-state index in [0.29, 0.717) is 18.9 Å². The Bertz CT molecular complexity index is 265. The summed E-state index contributed by atoms with van der Waals surface area (Å²) in [5.41, 5.74) is 0. The maximum absolute atomic E-state index is 11.9. The second kappa shape index (κ2) is 8.91. The quantitative estimate of drug-likeness (QED) is 0.555. The van der Waals surface area contributed by atoms with Crippen LogP contribution < -0.4 is 16.0 Å². The molecule has 0 heterocycles.